The Labute approximate surface area is 159 Å². The third kappa shape index (κ3) is 5.27. The molecule has 27 heavy (non-hydrogen) atoms. The van der Waals surface area contributed by atoms with Crippen LogP contribution >= 0.6 is 0 Å². The highest BCUT2D eigenvalue weighted by molar-refractivity contribution is 5.50. The van der Waals surface area contributed by atoms with Crippen molar-refractivity contribution in [3.05, 3.63) is 47.1 Å². The van der Waals surface area contributed by atoms with E-state index in [1.807, 2.05) is 26.2 Å². The first-order valence-corrected chi connectivity index (χ1v) is 9.34. The van der Waals surface area contributed by atoms with Crippen molar-refractivity contribution in [2.75, 3.05) is 43.9 Å². The summed E-state index contributed by atoms with van der Waals surface area (Å²) in [5, 5.41) is 13.4. The Hall–Kier alpha value is -2.45. The summed E-state index contributed by atoms with van der Waals surface area (Å²) in [6, 6.07) is 7.34. The molecule has 1 fully saturated rings. The first-order valence-electron chi connectivity index (χ1n) is 9.34. The lowest BCUT2D eigenvalue weighted by Gasteiger charge is -2.27. The van der Waals surface area contributed by atoms with E-state index in [2.05, 4.69) is 25.1 Å². The van der Waals surface area contributed by atoms with Crippen molar-refractivity contribution in [2.45, 2.75) is 31.5 Å². The molecule has 1 aliphatic heterocycles. The molecule has 0 bridgehead atoms. The topological polar surface area (TPSA) is 86.5 Å². The number of nitrogens with zero attached hydrogens (tertiary/aromatic N) is 5. The Morgan fingerprint density at radius 1 is 1.33 bits per heavy atom. The minimum atomic E-state index is -0.328. The minimum Gasteiger partial charge on any atom is -0.391 e. The molecule has 8 nitrogen and oxygen atoms in total. The van der Waals surface area contributed by atoms with Gasteiger partial charge in [-0.15, -0.1) is 0 Å². The van der Waals surface area contributed by atoms with Gasteiger partial charge in [0.05, 0.1) is 6.10 Å². The molecule has 0 radical (unpaired) electrons. The second kappa shape index (κ2) is 8.96. The van der Waals surface area contributed by atoms with Gasteiger partial charge in [-0.1, -0.05) is 6.07 Å². The quantitative estimate of drug-likeness (QED) is 0.658. The van der Waals surface area contributed by atoms with E-state index < -0.39 is 0 Å². The van der Waals surface area contributed by atoms with E-state index in [0.717, 1.165) is 31.0 Å². The molecule has 0 saturated carbocycles. The van der Waals surface area contributed by atoms with Crippen LogP contribution in [0.1, 0.15) is 12.8 Å². The Morgan fingerprint density at radius 2 is 2.19 bits per heavy atom. The highest BCUT2D eigenvalue weighted by Gasteiger charge is 2.32. The van der Waals surface area contributed by atoms with Crippen molar-refractivity contribution in [2.24, 2.45) is 0 Å². The predicted molar refractivity (Wildman–Crippen MR) is 106 cm³/mol. The number of nitrogens with one attached hydrogen (secondary N) is 1. The fraction of sp³-hybridized carbons (Fsp3) is 0.526. The fourth-order valence-corrected chi connectivity index (χ4v) is 3.48. The van der Waals surface area contributed by atoms with Crippen LogP contribution in [0.5, 0.6) is 0 Å². The van der Waals surface area contributed by atoms with Crippen LogP contribution in [-0.4, -0.2) is 70.4 Å². The van der Waals surface area contributed by atoms with Gasteiger partial charge >= 0.3 is 0 Å². The Kier molecular flexibility index (Phi) is 6.41. The predicted octanol–water partition coefficient (Wildman–Crippen LogP) is 0.642. The molecule has 3 heterocycles. The van der Waals surface area contributed by atoms with Gasteiger partial charge in [-0.3, -0.25) is 4.79 Å². The second-order valence-electron chi connectivity index (χ2n) is 7.23. The van der Waals surface area contributed by atoms with Crippen LogP contribution in [-0.2, 0) is 6.54 Å². The normalized spacial score (nSPS) is 19.6. The zero-order valence-electron chi connectivity index (χ0n) is 16.0. The average molecular weight is 372 g/mol. The maximum Gasteiger partial charge on any atom is 0.250 e. The minimum absolute atomic E-state index is 0.0151. The molecule has 2 aromatic rings. The number of rotatable bonds is 8. The zero-order chi connectivity index (χ0) is 19.2. The van der Waals surface area contributed by atoms with E-state index in [0.29, 0.717) is 19.6 Å². The van der Waals surface area contributed by atoms with Crippen molar-refractivity contribution >= 4 is 11.6 Å². The standard InChI is InChI=1S/C19H28N6O2/c1-23(2)12-15-10-16(26)13-25(15)18-11-17(21-14-22-18)20-7-5-9-24-8-4-3-6-19(24)27/h3-4,6,8,11,14-16,26H,5,7,9-10,12-13H2,1-2H3,(H,20,21,22)/t15-,16-/m1/s1. The monoisotopic (exact) mass is 372 g/mol. The number of anilines is 2. The molecular weight excluding hydrogens is 344 g/mol. The highest BCUT2D eigenvalue weighted by atomic mass is 16.3. The molecule has 2 atom stereocenters. The molecule has 0 spiro atoms. The van der Waals surface area contributed by atoms with Gasteiger partial charge in [-0.25, -0.2) is 9.97 Å². The van der Waals surface area contributed by atoms with Gasteiger partial charge in [0.2, 0.25) is 5.56 Å². The van der Waals surface area contributed by atoms with E-state index in [4.69, 9.17) is 0 Å². The Bertz CT molecular complexity index is 794. The number of β-amino-alcohol motifs (C(OH)–C–C–N with tert-alkyl or cyclic N) is 1. The van der Waals surface area contributed by atoms with Gasteiger partial charge < -0.3 is 24.8 Å². The summed E-state index contributed by atoms with van der Waals surface area (Å²) < 4.78 is 1.70. The largest absolute Gasteiger partial charge is 0.391 e. The van der Waals surface area contributed by atoms with Crippen LogP contribution in [0.15, 0.2) is 41.6 Å². The SMILES string of the molecule is CN(C)C[C@H]1C[C@@H](O)CN1c1cc(NCCCn2ccccc2=O)ncn1. The molecule has 146 valence electrons. The Morgan fingerprint density at radius 3 is 2.96 bits per heavy atom. The molecule has 0 unspecified atom stereocenters. The van der Waals surface area contributed by atoms with Crippen LogP contribution in [0.2, 0.25) is 0 Å². The van der Waals surface area contributed by atoms with Crippen LogP contribution in [0, 0.1) is 0 Å². The molecule has 2 aromatic heterocycles. The van der Waals surface area contributed by atoms with Crippen LogP contribution in [0.3, 0.4) is 0 Å². The summed E-state index contributed by atoms with van der Waals surface area (Å²) in [7, 11) is 4.07. The lowest BCUT2D eigenvalue weighted by Crippen LogP contribution is -2.38. The number of aryl methyl sites for hydroxylation is 1. The maximum absolute atomic E-state index is 11.7. The lowest BCUT2D eigenvalue weighted by molar-refractivity contribution is 0.191. The van der Waals surface area contributed by atoms with Crippen molar-refractivity contribution in [1.82, 2.24) is 19.4 Å². The number of aromatic nitrogens is 3. The smallest absolute Gasteiger partial charge is 0.250 e. The van der Waals surface area contributed by atoms with Crippen molar-refractivity contribution < 1.29 is 5.11 Å². The summed E-state index contributed by atoms with van der Waals surface area (Å²) in [6.45, 7) is 2.83. The van der Waals surface area contributed by atoms with Gasteiger partial charge in [0.15, 0.2) is 0 Å². The van der Waals surface area contributed by atoms with E-state index in [1.54, 1.807) is 29.2 Å². The van der Waals surface area contributed by atoms with Gasteiger partial charge in [0.1, 0.15) is 18.0 Å². The van der Waals surface area contributed by atoms with Crippen LogP contribution in [0.25, 0.3) is 0 Å². The van der Waals surface area contributed by atoms with Crippen molar-refractivity contribution in [3.63, 3.8) is 0 Å². The number of likely N-dealkylation sites (N-methyl/N-ethyl adjacent to an activating group) is 1. The summed E-state index contributed by atoms with van der Waals surface area (Å²) in [5.41, 5.74) is 0.0151. The van der Waals surface area contributed by atoms with E-state index >= 15 is 0 Å². The summed E-state index contributed by atoms with van der Waals surface area (Å²) in [6.07, 6.45) is 4.59. The highest BCUT2D eigenvalue weighted by Crippen LogP contribution is 2.25. The van der Waals surface area contributed by atoms with Crippen LogP contribution < -0.4 is 15.8 Å². The van der Waals surface area contributed by atoms with Crippen LogP contribution in [0.4, 0.5) is 11.6 Å². The molecule has 0 amide bonds. The summed E-state index contributed by atoms with van der Waals surface area (Å²) in [4.78, 5) is 24.7. The number of aliphatic hydroxyl groups is 1. The third-order valence-corrected chi connectivity index (χ3v) is 4.70. The van der Waals surface area contributed by atoms with E-state index in [1.165, 1.54) is 0 Å². The molecule has 0 aliphatic carbocycles. The third-order valence-electron chi connectivity index (χ3n) is 4.70. The molecule has 1 aliphatic rings. The van der Waals surface area contributed by atoms with E-state index in [9.17, 15) is 9.90 Å². The van der Waals surface area contributed by atoms with Gasteiger partial charge in [0, 0.05) is 50.6 Å². The molecular formula is C19H28N6O2. The zero-order valence-corrected chi connectivity index (χ0v) is 16.0. The molecule has 8 heteroatoms. The average Bonchev–Trinajstić information content (AvgIpc) is 3.00. The lowest BCUT2D eigenvalue weighted by atomic mass is 10.2. The van der Waals surface area contributed by atoms with Gasteiger partial charge in [-0.05, 0) is 33.0 Å². The fourth-order valence-electron chi connectivity index (χ4n) is 3.48. The molecule has 0 aromatic carbocycles. The van der Waals surface area contributed by atoms with Gasteiger partial charge in [-0.2, -0.15) is 0 Å². The van der Waals surface area contributed by atoms with Crippen molar-refractivity contribution in [1.29, 1.82) is 0 Å². The van der Waals surface area contributed by atoms with E-state index in [-0.39, 0.29) is 17.7 Å². The van der Waals surface area contributed by atoms with Crippen molar-refractivity contribution in [3.8, 4) is 0 Å². The number of hydrogen-bond acceptors (Lipinski definition) is 7. The Balaban J connectivity index is 1.57. The maximum atomic E-state index is 11.7. The molecule has 3 rings (SSSR count). The second-order valence-corrected chi connectivity index (χ2v) is 7.23. The van der Waals surface area contributed by atoms with Gasteiger partial charge in [0.25, 0.3) is 0 Å². The number of hydrogen-bond donors (Lipinski definition) is 2. The first kappa shape index (κ1) is 19.3. The summed E-state index contributed by atoms with van der Waals surface area (Å²) in [5.74, 6) is 1.58. The molecule has 1 saturated heterocycles. The first-order chi connectivity index (χ1) is 13.0. The number of aliphatic hydroxyl groups excluding tert-OH is 1. The summed E-state index contributed by atoms with van der Waals surface area (Å²) >= 11 is 0. The molecule has 2 N–H and O–H groups in total. The number of pyridine rings is 1.